The minimum atomic E-state index is -0.373. The highest BCUT2D eigenvalue weighted by atomic mass is 32.2. The van der Waals surface area contributed by atoms with Crippen LogP contribution in [0.1, 0.15) is 16.6 Å². The largest absolute Gasteiger partial charge is 0.468 e. The standard InChI is InChI=1S/C19H18FN5O2S/c20-13-4-1-2-5-14(13)23-7-9-24(10-8-23)16(15-6-3-11-27-15)17-18(26)25-19(28-17)21-12-22-25/h1-6,11-12,16-17H,7-10H2. The average Bonchev–Trinajstić information content (AvgIpc) is 3.45. The molecule has 28 heavy (non-hydrogen) atoms. The first-order valence-corrected chi connectivity index (χ1v) is 9.98. The second kappa shape index (κ2) is 7.06. The first-order chi connectivity index (χ1) is 13.7. The molecule has 2 aliphatic rings. The Balaban J connectivity index is 1.37. The van der Waals surface area contributed by atoms with E-state index >= 15 is 0 Å². The van der Waals surface area contributed by atoms with Crippen molar-refractivity contribution >= 4 is 23.4 Å². The van der Waals surface area contributed by atoms with Crippen LogP contribution in [-0.2, 0) is 0 Å². The Morgan fingerprint density at radius 1 is 1.14 bits per heavy atom. The second-order valence-electron chi connectivity index (χ2n) is 6.77. The van der Waals surface area contributed by atoms with Gasteiger partial charge in [0.05, 0.1) is 18.0 Å². The molecule has 9 heteroatoms. The number of thioether (sulfide) groups is 1. The number of furan rings is 1. The van der Waals surface area contributed by atoms with Crippen molar-refractivity contribution in [1.82, 2.24) is 19.7 Å². The van der Waals surface area contributed by atoms with Gasteiger partial charge in [-0.3, -0.25) is 9.69 Å². The van der Waals surface area contributed by atoms with Gasteiger partial charge in [-0.15, -0.1) is 0 Å². The normalized spacial score (nSPS) is 21.1. The Morgan fingerprint density at radius 2 is 1.96 bits per heavy atom. The monoisotopic (exact) mass is 399 g/mol. The van der Waals surface area contributed by atoms with E-state index in [1.54, 1.807) is 18.4 Å². The van der Waals surface area contributed by atoms with Crippen molar-refractivity contribution in [2.45, 2.75) is 16.4 Å². The number of hydrogen-bond donors (Lipinski definition) is 0. The van der Waals surface area contributed by atoms with Crippen molar-refractivity contribution in [2.75, 3.05) is 31.1 Å². The van der Waals surface area contributed by atoms with E-state index in [4.69, 9.17) is 4.42 Å². The Bertz CT molecular complexity index is 984. The maximum atomic E-state index is 14.1. The highest BCUT2D eigenvalue weighted by Gasteiger charge is 2.44. The topological polar surface area (TPSA) is 67.4 Å². The van der Waals surface area contributed by atoms with E-state index in [-0.39, 0.29) is 23.0 Å². The molecule has 0 amide bonds. The molecule has 7 nitrogen and oxygen atoms in total. The number of anilines is 1. The Labute approximate surface area is 165 Å². The zero-order chi connectivity index (χ0) is 19.1. The van der Waals surface area contributed by atoms with Crippen LogP contribution in [0.5, 0.6) is 0 Å². The highest BCUT2D eigenvalue weighted by molar-refractivity contribution is 8.00. The molecule has 4 heterocycles. The van der Waals surface area contributed by atoms with Gasteiger partial charge in [-0.25, -0.2) is 9.37 Å². The van der Waals surface area contributed by atoms with Crippen LogP contribution < -0.4 is 4.90 Å². The molecule has 0 bridgehead atoms. The number of aromatic nitrogens is 3. The zero-order valence-electron chi connectivity index (χ0n) is 14.9. The quantitative estimate of drug-likeness (QED) is 0.668. The lowest BCUT2D eigenvalue weighted by Crippen LogP contribution is -2.50. The minimum Gasteiger partial charge on any atom is -0.468 e. The van der Waals surface area contributed by atoms with Crippen molar-refractivity contribution in [3.05, 3.63) is 60.6 Å². The third-order valence-corrected chi connectivity index (χ3v) is 6.43. The summed E-state index contributed by atoms with van der Waals surface area (Å²) in [5.74, 6) is 0.447. The summed E-state index contributed by atoms with van der Waals surface area (Å²) in [6, 6.07) is 10.3. The summed E-state index contributed by atoms with van der Waals surface area (Å²) in [7, 11) is 0. The number of rotatable bonds is 4. The molecular weight excluding hydrogens is 381 g/mol. The van der Waals surface area contributed by atoms with Crippen LogP contribution in [0.4, 0.5) is 10.1 Å². The zero-order valence-corrected chi connectivity index (χ0v) is 15.8. The number of hydrogen-bond acceptors (Lipinski definition) is 7. The van der Waals surface area contributed by atoms with E-state index in [1.165, 1.54) is 28.8 Å². The van der Waals surface area contributed by atoms with Gasteiger partial charge < -0.3 is 9.32 Å². The van der Waals surface area contributed by atoms with Crippen molar-refractivity contribution in [1.29, 1.82) is 0 Å². The molecule has 2 aromatic heterocycles. The molecule has 1 saturated heterocycles. The van der Waals surface area contributed by atoms with E-state index in [1.807, 2.05) is 23.1 Å². The summed E-state index contributed by atoms with van der Waals surface area (Å²) >= 11 is 1.42. The lowest BCUT2D eigenvalue weighted by molar-refractivity contribution is 0.0813. The third-order valence-electron chi connectivity index (χ3n) is 5.22. The molecule has 2 unspecified atom stereocenters. The summed E-state index contributed by atoms with van der Waals surface area (Å²) in [5, 5.41) is 4.27. The SMILES string of the molecule is O=C1C(C(c2ccco2)N2CCN(c3ccccc3F)CC2)Sc2ncnn21. The van der Waals surface area contributed by atoms with Crippen molar-refractivity contribution in [2.24, 2.45) is 0 Å². The van der Waals surface area contributed by atoms with Crippen molar-refractivity contribution in [3.63, 3.8) is 0 Å². The second-order valence-corrected chi connectivity index (χ2v) is 7.87. The molecule has 144 valence electrons. The number of halogens is 1. The molecule has 1 aromatic carbocycles. The molecule has 2 atom stereocenters. The fourth-order valence-electron chi connectivity index (χ4n) is 3.88. The van der Waals surface area contributed by atoms with Gasteiger partial charge in [-0.1, -0.05) is 23.9 Å². The number of carbonyl (C=O) groups excluding carboxylic acids is 1. The van der Waals surface area contributed by atoms with Crippen LogP contribution in [0.25, 0.3) is 0 Å². The van der Waals surface area contributed by atoms with Crippen LogP contribution in [0.2, 0.25) is 0 Å². The maximum Gasteiger partial charge on any atom is 0.265 e. The average molecular weight is 399 g/mol. The molecule has 5 rings (SSSR count). The van der Waals surface area contributed by atoms with Crippen LogP contribution in [0.3, 0.4) is 0 Å². The van der Waals surface area contributed by atoms with E-state index in [9.17, 15) is 9.18 Å². The van der Waals surface area contributed by atoms with Gasteiger partial charge in [0, 0.05) is 26.2 Å². The van der Waals surface area contributed by atoms with Crippen LogP contribution in [0, 0.1) is 5.82 Å². The van der Waals surface area contributed by atoms with Gasteiger partial charge in [0.25, 0.3) is 5.91 Å². The Hall–Kier alpha value is -2.65. The first kappa shape index (κ1) is 17.4. The van der Waals surface area contributed by atoms with E-state index in [2.05, 4.69) is 15.0 Å². The molecule has 0 radical (unpaired) electrons. The molecule has 0 N–H and O–H groups in total. The predicted octanol–water partition coefficient (Wildman–Crippen LogP) is 2.69. The van der Waals surface area contributed by atoms with Crippen molar-refractivity contribution < 1.29 is 13.6 Å². The number of nitrogens with zero attached hydrogens (tertiary/aromatic N) is 5. The number of fused-ring (bicyclic) bond motifs is 1. The van der Waals surface area contributed by atoms with E-state index in [0.29, 0.717) is 37.0 Å². The molecule has 0 spiro atoms. The lowest BCUT2D eigenvalue weighted by Gasteiger charge is -2.40. The summed E-state index contributed by atoms with van der Waals surface area (Å²) in [6.45, 7) is 2.73. The Morgan fingerprint density at radius 3 is 2.68 bits per heavy atom. The lowest BCUT2D eigenvalue weighted by atomic mass is 10.1. The summed E-state index contributed by atoms with van der Waals surface area (Å²) in [5.41, 5.74) is 0.618. The molecule has 1 fully saturated rings. The predicted molar refractivity (Wildman–Crippen MR) is 102 cm³/mol. The summed E-state index contributed by atoms with van der Waals surface area (Å²) in [4.78, 5) is 21.3. The fourth-order valence-corrected chi connectivity index (χ4v) is 5.08. The molecule has 2 aliphatic heterocycles. The number of para-hydroxylation sites is 1. The van der Waals surface area contributed by atoms with Gasteiger partial charge >= 0.3 is 0 Å². The van der Waals surface area contributed by atoms with Crippen LogP contribution in [-0.4, -0.2) is 57.0 Å². The van der Waals surface area contributed by atoms with E-state index < -0.39 is 0 Å². The molecule has 0 aliphatic carbocycles. The number of carbonyl (C=O) groups is 1. The smallest absolute Gasteiger partial charge is 0.265 e. The van der Waals surface area contributed by atoms with Gasteiger partial charge in [-0.05, 0) is 24.3 Å². The summed E-state index contributed by atoms with van der Waals surface area (Å²) in [6.07, 6.45) is 3.02. The first-order valence-electron chi connectivity index (χ1n) is 9.10. The number of piperazine rings is 1. The number of benzene rings is 1. The Kier molecular flexibility index (Phi) is 4.40. The van der Waals surface area contributed by atoms with Gasteiger partial charge in [0.15, 0.2) is 5.16 Å². The van der Waals surface area contributed by atoms with Crippen molar-refractivity contribution in [3.8, 4) is 0 Å². The summed E-state index contributed by atoms with van der Waals surface area (Å²) < 4.78 is 21.2. The fraction of sp³-hybridized carbons (Fsp3) is 0.316. The highest BCUT2D eigenvalue weighted by Crippen LogP contribution is 2.41. The molecular formula is C19H18FN5O2S. The minimum absolute atomic E-state index is 0.0876. The maximum absolute atomic E-state index is 14.1. The van der Waals surface area contributed by atoms with E-state index in [0.717, 1.165) is 5.76 Å². The van der Waals surface area contributed by atoms with Crippen LogP contribution >= 0.6 is 11.8 Å². The van der Waals surface area contributed by atoms with Crippen LogP contribution in [0.15, 0.2) is 58.6 Å². The van der Waals surface area contributed by atoms with Gasteiger partial charge in [0.2, 0.25) is 0 Å². The molecule has 0 saturated carbocycles. The molecule has 3 aromatic rings. The van der Waals surface area contributed by atoms with Gasteiger partial charge in [0.1, 0.15) is 23.2 Å². The third kappa shape index (κ3) is 2.91. The van der Waals surface area contributed by atoms with Gasteiger partial charge in [-0.2, -0.15) is 9.78 Å².